The van der Waals surface area contributed by atoms with Gasteiger partial charge < -0.3 is 10.1 Å². The van der Waals surface area contributed by atoms with Gasteiger partial charge in [0.15, 0.2) is 6.61 Å². The minimum absolute atomic E-state index is 0.109. The maximum atomic E-state index is 11.8. The molecule has 1 heterocycles. The fourth-order valence-electron chi connectivity index (χ4n) is 1.79. The molecule has 22 heavy (non-hydrogen) atoms. The lowest BCUT2D eigenvalue weighted by molar-refractivity contribution is -0.140. The van der Waals surface area contributed by atoms with Gasteiger partial charge in [0.05, 0.1) is 0 Å². The molecule has 1 aliphatic heterocycles. The predicted molar refractivity (Wildman–Crippen MR) is 88.3 cm³/mol. The zero-order chi connectivity index (χ0) is 16.1. The van der Waals surface area contributed by atoms with Gasteiger partial charge in [0.1, 0.15) is 5.71 Å². The molecule has 0 aromatic heterocycles. The number of anilines is 1. The third kappa shape index (κ3) is 4.52. The van der Waals surface area contributed by atoms with Crippen molar-refractivity contribution in [1.29, 1.82) is 0 Å². The fraction of sp³-hybridized carbons (Fsp3) is 0.286. The smallest absolute Gasteiger partial charge is 0.355 e. The first-order valence-electron chi connectivity index (χ1n) is 6.54. The Morgan fingerprint density at radius 2 is 2.18 bits per heavy atom. The fourth-order valence-corrected chi connectivity index (χ4v) is 2.44. The minimum Gasteiger partial charge on any atom is -0.451 e. The van der Waals surface area contributed by atoms with E-state index in [1.54, 1.807) is 6.07 Å². The summed E-state index contributed by atoms with van der Waals surface area (Å²) in [5, 5.41) is 6.28. The number of rotatable bonds is 4. The molecule has 1 aromatic carbocycles. The van der Waals surface area contributed by atoms with Gasteiger partial charge in [-0.3, -0.25) is 9.59 Å². The number of hydrazone groups is 1. The second-order valence-corrected chi connectivity index (χ2v) is 5.92. The number of amides is 2. The van der Waals surface area contributed by atoms with E-state index in [1.165, 1.54) is 0 Å². The SMILES string of the molecule is Cc1cc(I)ccc1NC(=O)COC(=O)C1=NNC(=O)CC1. The molecule has 0 bridgehead atoms. The average Bonchev–Trinajstić information content (AvgIpc) is 2.48. The van der Waals surface area contributed by atoms with Gasteiger partial charge in [-0.1, -0.05) is 0 Å². The molecular weight excluding hydrogens is 401 g/mol. The average molecular weight is 415 g/mol. The number of esters is 1. The summed E-state index contributed by atoms with van der Waals surface area (Å²) in [5.41, 5.74) is 3.90. The molecule has 2 amide bonds. The van der Waals surface area contributed by atoms with Crippen LogP contribution in [0, 0.1) is 10.5 Å². The molecule has 0 atom stereocenters. The van der Waals surface area contributed by atoms with Crippen molar-refractivity contribution >= 4 is 51.8 Å². The van der Waals surface area contributed by atoms with Gasteiger partial charge in [0, 0.05) is 22.1 Å². The molecule has 7 nitrogen and oxygen atoms in total. The van der Waals surface area contributed by atoms with E-state index in [2.05, 4.69) is 38.4 Å². The Bertz CT molecular complexity index is 657. The Morgan fingerprint density at radius 1 is 1.41 bits per heavy atom. The standard InChI is InChI=1S/C14H14IN3O4/c1-8-6-9(15)2-3-10(8)16-13(20)7-22-14(21)11-4-5-12(19)18-17-11/h2-3,6H,4-5,7H2,1H3,(H,16,20)(H,18,19). The summed E-state index contributed by atoms with van der Waals surface area (Å²) in [6, 6.07) is 5.59. The van der Waals surface area contributed by atoms with Crippen LogP contribution in [0.15, 0.2) is 23.3 Å². The Labute approximate surface area is 140 Å². The molecular formula is C14H14IN3O4. The van der Waals surface area contributed by atoms with E-state index >= 15 is 0 Å². The molecule has 1 aromatic rings. The lowest BCUT2D eigenvalue weighted by Crippen LogP contribution is -2.32. The number of ether oxygens (including phenoxy) is 1. The third-order valence-corrected chi connectivity index (χ3v) is 3.61. The van der Waals surface area contributed by atoms with E-state index in [0.717, 1.165) is 9.13 Å². The van der Waals surface area contributed by atoms with Crippen molar-refractivity contribution in [2.45, 2.75) is 19.8 Å². The maximum Gasteiger partial charge on any atom is 0.355 e. The first-order chi connectivity index (χ1) is 10.5. The molecule has 2 N–H and O–H groups in total. The Hall–Kier alpha value is -1.97. The zero-order valence-corrected chi connectivity index (χ0v) is 14.0. The molecule has 0 aliphatic carbocycles. The number of carbonyl (C=O) groups is 3. The topological polar surface area (TPSA) is 96.9 Å². The van der Waals surface area contributed by atoms with E-state index in [9.17, 15) is 14.4 Å². The largest absolute Gasteiger partial charge is 0.451 e. The van der Waals surface area contributed by atoms with Crippen LogP contribution in [0.4, 0.5) is 5.69 Å². The highest BCUT2D eigenvalue weighted by molar-refractivity contribution is 14.1. The first-order valence-corrected chi connectivity index (χ1v) is 7.62. The summed E-state index contributed by atoms with van der Waals surface area (Å²) in [5.74, 6) is -1.38. The number of hydrogen-bond acceptors (Lipinski definition) is 5. The van der Waals surface area contributed by atoms with Crippen LogP contribution in [0.2, 0.25) is 0 Å². The van der Waals surface area contributed by atoms with Crippen LogP contribution >= 0.6 is 22.6 Å². The van der Waals surface area contributed by atoms with E-state index < -0.39 is 18.5 Å². The quantitative estimate of drug-likeness (QED) is 0.573. The summed E-state index contributed by atoms with van der Waals surface area (Å²) in [6.07, 6.45) is 0.393. The normalized spacial score (nSPS) is 13.9. The van der Waals surface area contributed by atoms with Crippen molar-refractivity contribution in [3.05, 3.63) is 27.3 Å². The second-order valence-electron chi connectivity index (χ2n) is 4.68. The Kier molecular flexibility index (Phi) is 5.47. The number of carbonyl (C=O) groups excluding carboxylic acids is 3. The van der Waals surface area contributed by atoms with E-state index in [1.807, 2.05) is 19.1 Å². The molecule has 0 radical (unpaired) electrons. The molecule has 0 saturated heterocycles. The third-order valence-electron chi connectivity index (χ3n) is 2.94. The second kappa shape index (κ2) is 7.34. The highest BCUT2D eigenvalue weighted by atomic mass is 127. The number of nitrogens with one attached hydrogen (secondary N) is 2. The summed E-state index contributed by atoms with van der Waals surface area (Å²) in [4.78, 5) is 34.4. The summed E-state index contributed by atoms with van der Waals surface area (Å²) < 4.78 is 5.95. The monoisotopic (exact) mass is 415 g/mol. The number of aryl methyl sites for hydroxylation is 1. The molecule has 116 valence electrons. The van der Waals surface area contributed by atoms with Gasteiger partial charge in [-0.05, 0) is 53.3 Å². The predicted octanol–water partition coefficient (Wildman–Crippen LogP) is 1.35. The molecule has 0 unspecified atom stereocenters. The van der Waals surface area contributed by atoms with Crippen LogP contribution in [0.3, 0.4) is 0 Å². The van der Waals surface area contributed by atoms with Crippen molar-refractivity contribution in [2.75, 3.05) is 11.9 Å². The van der Waals surface area contributed by atoms with Crippen molar-refractivity contribution in [1.82, 2.24) is 5.43 Å². The number of hydrogen-bond donors (Lipinski definition) is 2. The van der Waals surface area contributed by atoms with Crippen LogP contribution < -0.4 is 10.7 Å². The Morgan fingerprint density at radius 3 is 2.82 bits per heavy atom. The van der Waals surface area contributed by atoms with Crippen LogP contribution in [-0.2, 0) is 19.1 Å². The van der Waals surface area contributed by atoms with Gasteiger partial charge in [0.25, 0.3) is 5.91 Å². The van der Waals surface area contributed by atoms with Crippen molar-refractivity contribution in [3.8, 4) is 0 Å². The van der Waals surface area contributed by atoms with Crippen LogP contribution in [0.5, 0.6) is 0 Å². The lowest BCUT2D eigenvalue weighted by Gasteiger charge is -2.12. The van der Waals surface area contributed by atoms with E-state index in [0.29, 0.717) is 5.69 Å². The van der Waals surface area contributed by atoms with E-state index in [4.69, 9.17) is 4.74 Å². The van der Waals surface area contributed by atoms with Crippen LogP contribution in [0.25, 0.3) is 0 Å². The van der Waals surface area contributed by atoms with Gasteiger partial charge in [-0.2, -0.15) is 5.10 Å². The summed E-state index contributed by atoms with van der Waals surface area (Å²) in [7, 11) is 0. The summed E-state index contributed by atoms with van der Waals surface area (Å²) in [6.45, 7) is 1.47. The van der Waals surface area contributed by atoms with Gasteiger partial charge in [0.2, 0.25) is 5.91 Å². The number of halogens is 1. The van der Waals surface area contributed by atoms with Crippen LogP contribution in [-0.4, -0.2) is 30.1 Å². The van der Waals surface area contributed by atoms with Crippen LogP contribution in [0.1, 0.15) is 18.4 Å². The lowest BCUT2D eigenvalue weighted by atomic mass is 10.2. The molecule has 0 spiro atoms. The van der Waals surface area contributed by atoms with Crippen molar-refractivity contribution in [2.24, 2.45) is 5.10 Å². The zero-order valence-electron chi connectivity index (χ0n) is 11.8. The van der Waals surface area contributed by atoms with E-state index in [-0.39, 0.29) is 24.5 Å². The van der Waals surface area contributed by atoms with Crippen molar-refractivity contribution < 1.29 is 19.1 Å². The van der Waals surface area contributed by atoms with Crippen molar-refractivity contribution in [3.63, 3.8) is 0 Å². The minimum atomic E-state index is -0.700. The number of nitrogens with zero attached hydrogens (tertiary/aromatic N) is 1. The number of benzene rings is 1. The molecule has 1 aliphatic rings. The maximum absolute atomic E-state index is 11.8. The molecule has 0 saturated carbocycles. The first kappa shape index (κ1) is 16.4. The molecule has 8 heteroatoms. The highest BCUT2D eigenvalue weighted by Crippen LogP contribution is 2.17. The van der Waals surface area contributed by atoms with Gasteiger partial charge in [-0.15, -0.1) is 0 Å². The van der Waals surface area contributed by atoms with Gasteiger partial charge in [-0.25, -0.2) is 10.2 Å². The summed E-state index contributed by atoms with van der Waals surface area (Å²) >= 11 is 2.18. The Balaban J connectivity index is 1.85. The van der Waals surface area contributed by atoms with Gasteiger partial charge >= 0.3 is 5.97 Å². The molecule has 0 fully saturated rings. The highest BCUT2D eigenvalue weighted by Gasteiger charge is 2.20. The molecule has 2 rings (SSSR count).